The summed E-state index contributed by atoms with van der Waals surface area (Å²) in [6, 6.07) is 0.151. The van der Waals surface area contributed by atoms with Crippen molar-refractivity contribution in [2.45, 2.75) is 64.5 Å². The highest BCUT2D eigenvalue weighted by Gasteiger charge is 2.31. The second kappa shape index (κ2) is 8.96. The number of amides is 2. The summed E-state index contributed by atoms with van der Waals surface area (Å²) in [5.74, 6) is -0.104. The molecule has 1 aliphatic carbocycles. The number of nitrogens with zero attached hydrogens (tertiary/aromatic N) is 2. The fraction of sp³-hybridized carbons (Fsp3) is 0.556. The van der Waals surface area contributed by atoms with E-state index in [1.807, 2.05) is 0 Å². The van der Waals surface area contributed by atoms with Gasteiger partial charge in [-0.05, 0) is 62.7 Å². The third-order valence-electron chi connectivity index (χ3n) is 4.95. The van der Waals surface area contributed by atoms with Crippen molar-refractivity contribution >= 4 is 35.0 Å². The number of hydrogen-bond donors (Lipinski definition) is 2. The lowest BCUT2D eigenvalue weighted by molar-refractivity contribution is -0.123. The summed E-state index contributed by atoms with van der Waals surface area (Å²) in [5.41, 5.74) is 2.93. The van der Waals surface area contributed by atoms with E-state index >= 15 is 0 Å². The van der Waals surface area contributed by atoms with Gasteiger partial charge in [0, 0.05) is 36.1 Å². The highest BCUT2D eigenvalue weighted by atomic mass is 35.5. The van der Waals surface area contributed by atoms with E-state index in [9.17, 15) is 9.59 Å². The van der Waals surface area contributed by atoms with Crippen LogP contribution in [0, 0.1) is 13.8 Å². The number of aromatic nitrogens is 2. The summed E-state index contributed by atoms with van der Waals surface area (Å²) in [6.07, 6.45) is 3.03. The molecule has 0 bridgehead atoms. The van der Waals surface area contributed by atoms with Crippen LogP contribution in [0.5, 0.6) is 0 Å². The third kappa shape index (κ3) is 5.05. The Morgan fingerprint density at radius 2 is 1.29 bits per heavy atom. The minimum Gasteiger partial charge on any atom is -0.353 e. The van der Waals surface area contributed by atoms with Crippen LogP contribution >= 0.6 is 23.2 Å². The number of carbonyl (C=O) groups is 2. The smallest absolute Gasteiger partial charge is 0.229 e. The molecule has 2 heterocycles. The number of halogens is 2. The van der Waals surface area contributed by atoms with Gasteiger partial charge < -0.3 is 19.7 Å². The summed E-state index contributed by atoms with van der Waals surface area (Å²) in [7, 11) is 0. The zero-order chi connectivity index (χ0) is 20.3. The Balaban J connectivity index is 1.32. The van der Waals surface area contributed by atoms with E-state index in [2.05, 4.69) is 20.9 Å². The van der Waals surface area contributed by atoms with Gasteiger partial charge in [-0.3, -0.25) is 9.59 Å². The quantitative estimate of drug-likeness (QED) is 0.668. The Morgan fingerprint density at radius 3 is 1.61 bits per heavy atom. The highest BCUT2D eigenvalue weighted by molar-refractivity contribution is 6.29. The molecule has 2 aromatic rings. The maximum Gasteiger partial charge on any atom is 0.229 e. The third-order valence-corrected chi connectivity index (χ3v) is 5.54. The first-order valence-corrected chi connectivity index (χ1v) is 9.89. The molecule has 0 radical (unpaired) electrons. The van der Waals surface area contributed by atoms with Gasteiger partial charge in [-0.1, -0.05) is 10.3 Å². The summed E-state index contributed by atoms with van der Waals surface area (Å²) in [6.45, 7) is 3.58. The Morgan fingerprint density at radius 1 is 0.893 bits per heavy atom. The summed E-state index contributed by atoms with van der Waals surface area (Å²) in [4.78, 5) is 24.1. The van der Waals surface area contributed by atoms with Crippen molar-refractivity contribution in [2.75, 3.05) is 0 Å². The van der Waals surface area contributed by atoms with Crippen molar-refractivity contribution in [3.8, 4) is 0 Å². The molecule has 1 saturated carbocycles. The zero-order valence-corrected chi connectivity index (χ0v) is 17.2. The molecule has 8 nitrogen and oxygen atoms in total. The monoisotopic (exact) mass is 428 g/mol. The van der Waals surface area contributed by atoms with Gasteiger partial charge in [0.15, 0.2) is 0 Å². The van der Waals surface area contributed by atoms with E-state index in [0.717, 1.165) is 24.0 Å². The molecule has 1 aliphatic rings. The predicted octanol–water partition coefficient (Wildman–Crippen LogP) is 2.92. The molecule has 2 amide bonds. The number of hydrogen-bond acceptors (Lipinski definition) is 6. The SMILES string of the molecule is Cc1noc(Cl)c1CCC(=O)NC1CC(NC(=O)CCc2c(C)noc2Cl)C1. The number of aryl methyl sites for hydroxylation is 2. The molecule has 0 aliphatic heterocycles. The second-order valence-corrected chi connectivity index (χ2v) is 7.73. The standard InChI is InChI=1S/C18H22Cl2N4O4/c1-9-13(17(19)27-23-9)3-5-15(25)21-11-7-12(8-11)22-16(26)6-4-14-10(2)24-28-18(14)20/h11-12H,3-8H2,1-2H3,(H,21,25)(H,22,26). The van der Waals surface area contributed by atoms with Crippen LogP contribution in [0.4, 0.5) is 0 Å². The second-order valence-electron chi connectivity index (χ2n) is 7.04. The van der Waals surface area contributed by atoms with Crippen LogP contribution < -0.4 is 10.6 Å². The molecule has 1 fully saturated rings. The van der Waals surface area contributed by atoms with E-state index in [-0.39, 0.29) is 34.3 Å². The van der Waals surface area contributed by atoms with Crippen LogP contribution in [0.25, 0.3) is 0 Å². The summed E-state index contributed by atoms with van der Waals surface area (Å²) < 4.78 is 9.75. The largest absolute Gasteiger partial charge is 0.353 e. The maximum absolute atomic E-state index is 12.1. The Kier molecular flexibility index (Phi) is 6.61. The van der Waals surface area contributed by atoms with Crippen molar-refractivity contribution in [3.05, 3.63) is 33.0 Å². The van der Waals surface area contributed by atoms with E-state index in [4.69, 9.17) is 32.2 Å². The minimum absolute atomic E-state index is 0.0518. The molecular weight excluding hydrogens is 407 g/mol. The number of nitrogens with one attached hydrogen (secondary N) is 2. The number of rotatable bonds is 8. The maximum atomic E-state index is 12.1. The van der Waals surface area contributed by atoms with Gasteiger partial charge in [0.05, 0.1) is 11.4 Å². The first kappa shape index (κ1) is 20.7. The van der Waals surface area contributed by atoms with Gasteiger partial charge in [0.2, 0.25) is 22.3 Å². The van der Waals surface area contributed by atoms with Crippen molar-refractivity contribution in [1.29, 1.82) is 0 Å². The lowest BCUT2D eigenvalue weighted by Gasteiger charge is -2.36. The van der Waals surface area contributed by atoms with Gasteiger partial charge in [-0.25, -0.2) is 0 Å². The summed E-state index contributed by atoms with van der Waals surface area (Å²) >= 11 is 11.8. The van der Waals surface area contributed by atoms with Crippen LogP contribution in [0.15, 0.2) is 9.05 Å². The van der Waals surface area contributed by atoms with E-state index < -0.39 is 0 Å². The number of carbonyl (C=O) groups excluding carboxylic acids is 2. The molecule has 152 valence electrons. The van der Waals surface area contributed by atoms with Gasteiger partial charge in [-0.15, -0.1) is 0 Å². The van der Waals surface area contributed by atoms with E-state index in [1.165, 1.54) is 0 Å². The molecule has 0 atom stereocenters. The zero-order valence-electron chi connectivity index (χ0n) is 15.7. The first-order valence-electron chi connectivity index (χ1n) is 9.13. The van der Waals surface area contributed by atoms with Crippen molar-refractivity contribution in [3.63, 3.8) is 0 Å². The van der Waals surface area contributed by atoms with Crippen LogP contribution in [0.2, 0.25) is 10.4 Å². The van der Waals surface area contributed by atoms with Gasteiger partial charge in [0.1, 0.15) is 0 Å². The van der Waals surface area contributed by atoms with Crippen LogP contribution in [-0.2, 0) is 22.4 Å². The summed E-state index contributed by atoms with van der Waals surface area (Å²) in [5, 5.41) is 13.9. The van der Waals surface area contributed by atoms with Crippen molar-refractivity contribution in [1.82, 2.24) is 20.9 Å². The van der Waals surface area contributed by atoms with E-state index in [0.29, 0.717) is 37.1 Å². The molecule has 10 heteroatoms. The van der Waals surface area contributed by atoms with Crippen LogP contribution in [0.3, 0.4) is 0 Å². The lowest BCUT2D eigenvalue weighted by Crippen LogP contribution is -2.53. The minimum atomic E-state index is -0.0518. The highest BCUT2D eigenvalue weighted by Crippen LogP contribution is 2.23. The normalized spacial score (nSPS) is 18.6. The molecule has 2 aromatic heterocycles. The predicted molar refractivity (Wildman–Crippen MR) is 102 cm³/mol. The van der Waals surface area contributed by atoms with Gasteiger partial charge >= 0.3 is 0 Å². The Labute approximate surface area is 172 Å². The Hall–Kier alpha value is -2.06. The fourth-order valence-electron chi connectivity index (χ4n) is 3.21. The molecule has 3 rings (SSSR count). The van der Waals surface area contributed by atoms with Crippen molar-refractivity contribution in [2.24, 2.45) is 0 Å². The molecule has 0 saturated heterocycles. The average molecular weight is 429 g/mol. The fourth-order valence-corrected chi connectivity index (χ4v) is 3.74. The average Bonchev–Trinajstić information content (AvgIpc) is 3.11. The van der Waals surface area contributed by atoms with Crippen LogP contribution in [-0.4, -0.2) is 34.2 Å². The topological polar surface area (TPSA) is 110 Å². The lowest BCUT2D eigenvalue weighted by atomic mass is 9.86. The molecule has 0 aromatic carbocycles. The Bertz CT molecular complexity index is 751. The molecule has 0 unspecified atom stereocenters. The molecule has 28 heavy (non-hydrogen) atoms. The molecule has 2 N–H and O–H groups in total. The van der Waals surface area contributed by atoms with Crippen LogP contribution in [0.1, 0.15) is 48.2 Å². The van der Waals surface area contributed by atoms with Gasteiger partial charge in [0.25, 0.3) is 0 Å². The molecular formula is C18H22Cl2N4O4. The van der Waals surface area contributed by atoms with Gasteiger partial charge in [-0.2, -0.15) is 0 Å². The molecule has 0 spiro atoms. The van der Waals surface area contributed by atoms with Crippen molar-refractivity contribution < 1.29 is 18.6 Å². The first-order chi connectivity index (χ1) is 13.3. The van der Waals surface area contributed by atoms with E-state index in [1.54, 1.807) is 13.8 Å².